The van der Waals surface area contributed by atoms with Crippen molar-refractivity contribution in [1.82, 2.24) is 4.98 Å². The standard InChI is InChI=1S/C12H18N2O/c1-2-15-12-6-10(7-14-8-12)9-3-4-11(13)5-9/h6-9,11H,2-5,13H2,1H3. The third-order valence-electron chi connectivity index (χ3n) is 2.99. The molecule has 2 unspecified atom stereocenters. The molecule has 2 atom stereocenters. The molecule has 1 heterocycles. The Bertz CT molecular complexity index is 327. The monoisotopic (exact) mass is 206 g/mol. The number of nitrogens with zero attached hydrogens (tertiary/aromatic N) is 1. The van der Waals surface area contributed by atoms with E-state index < -0.39 is 0 Å². The molecule has 1 fully saturated rings. The van der Waals surface area contributed by atoms with Crippen LogP contribution in [-0.4, -0.2) is 17.6 Å². The molecule has 1 aliphatic carbocycles. The zero-order chi connectivity index (χ0) is 10.7. The highest BCUT2D eigenvalue weighted by Gasteiger charge is 2.23. The summed E-state index contributed by atoms with van der Waals surface area (Å²) in [4.78, 5) is 4.21. The first-order valence-corrected chi connectivity index (χ1v) is 5.63. The van der Waals surface area contributed by atoms with E-state index in [9.17, 15) is 0 Å². The van der Waals surface area contributed by atoms with E-state index in [0.29, 0.717) is 18.6 Å². The summed E-state index contributed by atoms with van der Waals surface area (Å²) < 4.78 is 5.44. The van der Waals surface area contributed by atoms with Crippen LogP contribution < -0.4 is 10.5 Å². The lowest BCUT2D eigenvalue weighted by Gasteiger charge is -2.11. The van der Waals surface area contributed by atoms with Gasteiger partial charge in [-0.2, -0.15) is 0 Å². The van der Waals surface area contributed by atoms with E-state index in [4.69, 9.17) is 10.5 Å². The fourth-order valence-corrected chi connectivity index (χ4v) is 2.22. The first-order valence-electron chi connectivity index (χ1n) is 5.63. The second-order valence-corrected chi connectivity index (χ2v) is 4.16. The van der Waals surface area contributed by atoms with Gasteiger partial charge in [-0.25, -0.2) is 0 Å². The SMILES string of the molecule is CCOc1cncc(C2CCC(N)C2)c1. The molecule has 1 aliphatic rings. The Hall–Kier alpha value is -1.09. The van der Waals surface area contributed by atoms with Crippen LogP contribution in [-0.2, 0) is 0 Å². The molecule has 0 spiro atoms. The van der Waals surface area contributed by atoms with Crippen molar-refractivity contribution in [2.75, 3.05) is 6.61 Å². The molecule has 3 nitrogen and oxygen atoms in total. The van der Waals surface area contributed by atoms with Crippen molar-refractivity contribution in [3.8, 4) is 5.75 Å². The Morgan fingerprint density at radius 1 is 1.47 bits per heavy atom. The van der Waals surface area contributed by atoms with Crippen LogP contribution in [0.25, 0.3) is 0 Å². The van der Waals surface area contributed by atoms with Gasteiger partial charge in [-0.1, -0.05) is 0 Å². The van der Waals surface area contributed by atoms with E-state index in [1.807, 2.05) is 13.1 Å². The number of nitrogens with two attached hydrogens (primary N) is 1. The summed E-state index contributed by atoms with van der Waals surface area (Å²) >= 11 is 0. The van der Waals surface area contributed by atoms with Gasteiger partial charge in [-0.3, -0.25) is 4.98 Å². The zero-order valence-corrected chi connectivity index (χ0v) is 9.15. The molecule has 2 N–H and O–H groups in total. The summed E-state index contributed by atoms with van der Waals surface area (Å²) in [5, 5.41) is 0. The minimum atomic E-state index is 0.366. The molecule has 15 heavy (non-hydrogen) atoms. The Morgan fingerprint density at radius 2 is 2.33 bits per heavy atom. The van der Waals surface area contributed by atoms with Crippen molar-refractivity contribution < 1.29 is 4.74 Å². The van der Waals surface area contributed by atoms with Crippen molar-refractivity contribution in [1.29, 1.82) is 0 Å². The van der Waals surface area contributed by atoms with Gasteiger partial charge in [0.15, 0.2) is 0 Å². The van der Waals surface area contributed by atoms with Gasteiger partial charge >= 0.3 is 0 Å². The maximum Gasteiger partial charge on any atom is 0.137 e. The van der Waals surface area contributed by atoms with Crippen molar-refractivity contribution in [3.63, 3.8) is 0 Å². The number of hydrogen-bond donors (Lipinski definition) is 1. The number of hydrogen-bond acceptors (Lipinski definition) is 3. The Kier molecular flexibility index (Phi) is 3.21. The minimum Gasteiger partial charge on any atom is -0.492 e. The molecular formula is C12H18N2O. The average molecular weight is 206 g/mol. The number of aromatic nitrogens is 1. The van der Waals surface area contributed by atoms with Crippen molar-refractivity contribution in [3.05, 3.63) is 24.0 Å². The Morgan fingerprint density at radius 3 is 3.00 bits per heavy atom. The highest BCUT2D eigenvalue weighted by molar-refractivity contribution is 5.27. The van der Waals surface area contributed by atoms with Gasteiger partial charge in [-0.15, -0.1) is 0 Å². The number of ether oxygens (including phenoxy) is 1. The summed E-state index contributed by atoms with van der Waals surface area (Å²) in [6.45, 7) is 2.67. The van der Waals surface area contributed by atoms with Crippen LogP contribution >= 0.6 is 0 Å². The van der Waals surface area contributed by atoms with Crippen LogP contribution in [0.15, 0.2) is 18.5 Å². The number of pyridine rings is 1. The predicted molar refractivity (Wildman–Crippen MR) is 60.0 cm³/mol. The molecule has 1 aromatic rings. The molecule has 0 aromatic carbocycles. The van der Waals surface area contributed by atoms with Gasteiger partial charge in [0.2, 0.25) is 0 Å². The molecule has 0 bridgehead atoms. The van der Waals surface area contributed by atoms with Gasteiger partial charge in [0.1, 0.15) is 5.75 Å². The lowest BCUT2D eigenvalue weighted by atomic mass is 9.99. The van der Waals surface area contributed by atoms with E-state index in [1.165, 1.54) is 12.0 Å². The minimum absolute atomic E-state index is 0.366. The van der Waals surface area contributed by atoms with Crippen LogP contribution in [0.1, 0.15) is 37.7 Å². The second-order valence-electron chi connectivity index (χ2n) is 4.16. The fraction of sp³-hybridized carbons (Fsp3) is 0.583. The van der Waals surface area contributed by atoms with Crippen LogP contribution in [0.4, 0.5) is 0 Å². The molecular weight excluding hydrogens is 188 g/mol. The number of rotatable bonds is 3. The summed E-state index contributed by atoms with van der Waals surface area (Å²) in [7, 11) is 0. The van der Waals surface area contributed by atoms with E-state index in [-0.39, 0.29) is 0 Å². The van der Waals surface area contributed by atoms with Gasteiger partial charge in [-0.05, 0) is 43.7 Å². The quantitative estimate of drug-likeness (QED) is 0.823. The van der Waals surface area contributed by atoms with Crippen LogP contribution in [0.3, 0.4) is 0 Å². The highest BCUT2D eigenvalue weighted by Crippen LogP contribution is 2.34. The lowest BCUT2D eigenvalue weighted by molar-refractivity contribution is 0.338. The molecule has 2 rings (SSSR count). The lowest BCUT2D eigenvalue weighted by Crippen LogP contribution is -2.14. The average Bonchev–Trinajstić information content (AvgIpc) is 2.66. The molecule has 3 heteroatoms. The summed E-state index contributed by atoms with van der Waals surface area (Å²) in [5.74, 6) is 1.45. The molecule has 82 valence electrons. The molecule has 1 saturated carbocycles. The molecule has 0 saturated heterocycles. The smallest absolute Gasteiger partial charge is 0.137 e. The predicted octanol–water partition coefficient (Wildman–Crippen LogP) is 2.08. The van der Waals surface area contributed by atoms with Crippen LogP contribution in [0, 0.1) is 0 Å². The topological polar surface area (TPSA) is 48.1 Å². The molecule has 0 radical (unpaired) electrons. The van der Waals surface area contributed by atoms with E-state index in [1.54, 1.807) is 6.20 Å². The van der Waals surface area contributed by atoms with Gasteiger partial charge < -0.3 is 10.5 Å². The molecule has 0 amide bonds. The molecule has 0 aliphatic heterocycles. The van der Waals surface area contributed by atoms with Crippen molar-refractivity contribution in [2.45, 2.75) is 38.1 Å². The van der Waals surface area contributed by atoms with Gasteiger partial charge in [0, 0.05) is 12.2 Å². The summed E-state index contributed by atoms with van der Waals surface area (Å²) in [6.07, 6.45) is 7.09. The third kappa shape index (κ3) is 2.48. The first kappa shape index (κ1) is 10.4. The van der Waals surface area contributed by atoms with Crippen molar-refractivity contribution in [2.24, 2.45) is 5.73 Å². The summed E-state index contributed by atoms with van der Waals surface area (Å²) in [5.41, 5.74) is 7.18. The van der Waals surface area contributed by atoms with Gasteiger partial charge in [0.05, 0.1) is 12.8 Å². The van der Waals surface area contributed by atoms with E-state index in [0.717, 1.165) is 18.6 Å². The van der Waals surface area contributed by atoms with E-state index in [2.05, 4.69) is 11.1 Å². The van der Waals surface area contributed by atoms with Crippen LogP contribution in [0.2, 0.25) is 0 Å². The third-order valence-corrected chi connectivity index (χ3v) is 2.99. The summed E-state index contributed by atoms with van der Waals surface area (Å²) in [6, 6.07) is 2.46. The maximum absolute atomic E-state index is 5.91. The molecule has 1 aromatic heterocycles. The highest BCUT2D eigenvalue weighted by atomic mass is 16.5. The first-order chi connectivity index (χ1) is 7.29. The maximum atomic E-state index is 5.91. The normalized spacial score (nSPS) is 25.5. The van der Waals surface area contributed by atoms with Crippen molar-refractivity contribution >= 4 is 0 Å². The van der Waals surface area contributed by atoms with Gasteiger partial charge in [0.25, 0.3) is 0 Å². The van der Waals surface area contributed by atoms with Crippen LogP contribution in [0.5, 0.6) is 5.75 Å². The zero-order valence-electron chi connectivity index (χ0n) is 9.15. The fourth-order valence-electron chi connectivity index (χ4n) is 2.22. The second kappa shape index (κ2) is 4.62. The Balaban J connectivity index is 2.10. The largest absolute Gasteiger partial charge is 0.492 e. The van der Waals surface area contributed by atoms with E-state index >= 15 is 0 Å². The Labute approximate surface area is 90.7 Å².